The number of amides is 2. The minimum atomic E-state index is -0.220. The third-order valence-corrected chi connectivity index (χ3v) is 5.97. The van der Waals surface area contributed by atoms with Crippen LogP contribution >= 0.6 is 11.3 Å². The van der Waals surface area contributed by atoms with Gasteiger partial charge in [0.2, 0.25) is 11.0 Å². The molecule has 1 aliphatic rings. The van der Waals surface area contributed by atoms with Crippen LogP contribution in [0.4, 0.5) is 10.8 Å². The molecule has 1 atom stereocenters. The van der Waals surface area contributed by atoms with E-state index in [2.05, 4.69) is 22.4 Å². The van der Waals surface area contributed by atoms with Crippen molar-refractivity contribution < 1.29 is 9.59 Å². The number of nitrogens with one attached hydrogen (secondary N) is 1. The minimum absolute atomic E-state index is 0.0195. The molecule has 2 aromatic carbocycles. The third-order valence-electron chi connectivity index (χ3n) is 4.97. The zero-order valence-corrected chi connectivity index (χ0v) is 16.5. The van der Waals surface area contributed by atoms with Gasteiger partial charge in [-0.05, 0) is 49.2 Å². The first-order valence-electron chi connectivity index (χ1n) is 9.08. The van der Waals surface area contributed by atoms with Crippen molar-refractivity contribution in [2.45, 2.75) is 26.2 Å². The molecule has 4 rings (SSSR count). The monoisotopic (exact) mass is 392 g/mol. The Balaban J connectivity index is 1.46. The van der Waals surface area contributed by atoms with Crippen molar-refractivity contribution >= 4 is 34.0 Å². The second-order valence-electron chi connectivity index (χ2n) is 6.94. The number of anilines is 2. The molecule has 1 fully saturated rings. The zero-order valence-electron chi connectivity index (χ0n) is 15.7. The normalized spacial score (nSPS) is 16.4. The van der Waals surface area contributed by atoms with Crippen LogP contribution in [0.1, 0.15) is 38.8 Å². The van der Waals surface area contributed by atoms with Gasteiger partial charge in [-0.1, -0.05) is 35.6 Å². The summed E-state index contributed by atoms with van der Waals surface area (Å²) in [6.45, 7) is 4.67. The fourth-order valence-electron chi connectivity index (χ4n) is 3.22. The van der Waals surface area contributed by atoms with Crippen LogP contribution in [-0.4, -0.2) is 28.6 Å². The second-order valence-corrected chi connectivity index (χ2v) is 7.95. The predicted octanol–water partition coefficient (Wildman–Crippen LogP) is 3.93. The van der Waals surface area contributed by atoms with Gasteiger partial charge in [-0.3, -0.25) is 14.9 Å². The van der Waals surface area contributed by atoms with E-state index in [1.54, 1.807) is 17.0 Å². The minimum Gasteiger partial charge on any atom is -0.312 e. The Morgan fingerprint density at radius 2 is 1.89 bits per heavy atom. The van der Waals surface area contributed by atoms with Crippen molar-refractivity contribution in [1.82, 2.24) is 10.2 Å². The van der Waals surface area contributed by atoms with Crippen molar-refractivity contribution in [2.24, 2.45) is 0 Å². The molecule has 1 unspecified atom stereocenters. The fraction of sp³-hybridized carbons (Fsp3) is 0.238. The highest BCUT2D eigenvalue weighted by atomic mass is 32.1. The number of rotatable bonds is 4. The van der Waals surface area contributed by atoms with Gasteiger partial charge in [0, 0.05) is 30.1 Å². The predicted molar refractivity (Wildman–Crippen MR) is 110 cm³/mol. The van der Waals surface area contributed by atoms with E-state index in [9.17, 15) is 9.59 Å². The van der Waals surface area contributed by atoms with Crippen molar-refractivity contribution in [2.75, 3.05) is 16.8 Å². The van der Waals surface area contributed by atoms with Crippen LogP contribution in [-0.2, 0) is 4.79 Å². The largest absolute Gasteiger partial charge is 0.312 e. The average Bonchev–Trinajstić information content (AvgIpc) is 3.31. The highest BCUT2D eigenvalue weighted by molar-refractivity contribution is 7.15. The van der Waals surface area contributed by atoms with E-state index in [-0.39, 0.29) is 17.7 Å². The van der Waals surface area contributed by atoms with E-state index in [1.165, 1.54) is 16.9 Å². The van der Waals surface area contributed by atoms with E-state index in [4.69, 9.17) is 0 Å². The fourth-order valence-corrected chi connectivity index (χ4v) is 4.05. The maximum absolute atomic E-state index is 12.5. The van der Waals surface area contributed by atoms with Gasteiger partial charge in [0.05, 0.1) is 0 Å². The molecule has 28 heavy (non-hydrogen) atoms. The van der Waals surface area contributed by atoms with Crippen LogP contribution in [0, 0.1) is 13.8 Å². The van der Waals surface area contributed by atoms with Crippen LogP contribution in [0.15, 0.2) is 48.5 Å². The summed E-state index contributed by atoms with van der Waals surface area (Å²) < 4.78 is 0. The number of aryl methyl sites for hydroxylation is 2. The van der Waals surface area contributed by atoms with E-state index < -0.39 is 0 Å². The molecule has 2 heterocycles. The number of aromatic nitrogens is 2. The van der Waals surface area contributed by atoms with Crippen LogP contribution in [0.3, 0.4) is 0 Å². The van der Waals surface area contributed by atoms with E-state index in [0.29, 0.717) is 23.7 Å². The number of carbonyl (C=O) groups excluding carboxylic acids is 2. The summed E-state index contributed by atoms with van der Waals surface area (Å²) in [4.78, 5) is 26.6. The van der Waals surface area contributed by atoms with Crippen molar-refractivity contribution in [3.05, 3.63) is 70.2 Å². The molecule has 0 radical (unpaired) electrons. The molecule has 1 saturated heterocycles. The first-order valence-corrected chi connectivity index (χ1v) is 9.90. The first kappa shape index (κ1) is 18.3. The molecular formula is C21H20N4O2S. The quantitative estimate of drug-likeness (QED) is 0.730. The van der Waals surface area contributed by atoms with E-state index in [1.807, 2.05) is 43.3 Å². The van der Waals surface area contributed by atoms with Crippen LogP contribution in [0.5, 0.6) is 0 Å². The molecule has 3 aromatic rings. The molecule has 7 heteroatoms. The summed E-state index contributed by atoms with van der Waals surface area (Å²) in [6.07, 6.45) is 0.397. The molecule has 0 spiro atoms. The Bertz CT molecular complexity index is 1030. The summed E-state index contributed by atoms with van der Waals surface area (Å²) in [6, 6.07) is 15.0. The average molecular weight is 392 g/mol. The summed E-state index contributed by atoms with van der Waals surface area (Å²) in [5.41, 5.74) is 3.85. The van der Waals surface area contributed by atoms with Crippen LogP contribution < -0.4 is 10.2 Å². The highest BCUT2D eigenvalue weighted by Crippen LogP contribution is 2.34. The highest BCUT2D eigenvalue weighted by Gasteiger charge is 2.34. The molecule has 2 amide bonds. The molecule has 0 saturated carbocycles. The summed E-state index contributed by atoms with van der Waals surface area (Å²) in [5, 5.41) is 12.3. The Labute approximate surface area is 167 Å². The molecule has 0 aliphatic carbocycles. The van der Waals surface area contributed by atoms with Gasteiger partial charge in [0.25, 0.3) is 5.91 Å². The van der Waals surface area contributed by atoms with Crippen molar-refractivity contribution in [3.8, 4) is 0 Å². The number of benzene rings is 2. The summed E-state index contributed by atoms with van der Waals surface area (Å²) in [5.74, 6) is -0.158. The SMILES string of the molecule is Cc1ccc(N2CC(c3nnc(NC(=O)c4ccccc4)s3)CC2=O)cc1C. The van der Waals surface area contributed by atoms with Crippen LogP contribution in [0.2, 0.25) is 0 Å². The van der Waals surface area contributed by atoms with Crippen LogP contribution in [0.25, 0.3) is 0 Å². The van der Waals surface area contributed by atoms with Gasteiger partial charge >= 0.3 is 0 Å². The molecule has 142 valence electrons. The lowest BCUT2D eigenvalue weighted by molar-refractivity contribution is -0.117. The Hall–Kier alpha value is -3.06. The topological polar surface area (TPSA) is 75.2 Å². The van der Waals surface area contributed by atoms with E-state index >= 15 is 0 Å². The second kappa shape index (κ2) is 7.52. The number of carbonyl (C=O) groups is 2. The third kappa shape index (κ3) is 3.66. The molecular weight excluding hydrogens is 372 g/mol. The molecule has 0 bridgehead atoms. The van der Waals surface area contributed by atoms with Gasteiger partial charge in [-0.2, -0.15) is 0 Å². The van der Waals surface area contributed by atoms with Gasteiger partial charge in [0.15, 0.2) is 0 Å². The number of hydrogen-bond donors (Lipinski definition) is 1. The maximum atomic E-state index is 12.5. The zero-order chi connectivity index (χ0) is 19.7. The van der Waals surface area contributed by atoms with Gasteiger partial charge in [-0.15, -0.1) is 10.2 Å². The standard InChI is InChI=1S/C21H20N4O2S/c1-13-8-9-17(10-14(13)2)25-12-16(11-18(25)26)20-23-24-21(28-20)22-19(27)15-6-4-3-5-7-15/h3-10,16H,11-12H2,1-2H3,(H,22,24,27). The Morgan fingerprint density at radius 3 is 2.64 bits per heavy atom. The lowest BCUT2D eigenvalue weighted by Gasteiger charge is -2.17. The molecule has 6 nitrogen and oxygen atoms in total. The molecule has 1 aliphatic heterocycles. The summed E-state index contributed by atoms with van der Waals surface area (Å²) >= 11 is 1.32. The molecule has 1 N–H and O–H groups in total. The van der Waals surface area contributed by atoms with E-state index in [0.717, 1.165) is 16.3 Å². The lowest BCUT2D eigenvalue weighted by atomic mass is 10.1. The van der Waals surface area contributed by atoms with Crippen molar-refractivity contribution in [3.63, 3.8) is 0 Å². The number of nitrogens with zero attached hydrogens (tertiary/aromatic N) is 3. The number of hydrogen-bond acceptors (Lipinski definition) is 5. The van der Waals surface area contributed by atoms with Gasteiger partial charge in [-0.25, -0.2) is 0 Å². The van der Waals surface area contributed by atoms with Gasteiger partial charge < -0.3 is 4.90 Å². The first-order chi connectivity index (χ1) is 13.5. The Morgan fingerprint density at radius 1 is 1.11 bits per heavy atom. The lowest BCUT2D eigenvalue weighted by Crippen LogP contribution is -2.24. The Kier molecular flexibility index (Phi) is 4.92. The smallest absolute Gasteiger partial charge is 0.257 e. The maximum Gasteiger partial charge on any atom is 0.257 e. The van der Waals surface area contributed by atoms with Gasteiger partial charge in [0.1, 0.15) is 5.01 Å². The van der Waals surface area contributed by atoms with Crippen molar-refractivity contribution in [1.29, 1.82) is 0 Å². The molecule has 1 aromatic heterocycles. The summed E-state index contributed by atoms with van der Waals surface area (Å²) in [7, 11) is 0.